The van der Waals surface area contributed by atoms with Crippen LogP contribution in [0.5, 0.6) is 5.75 Å². The molecule has 1 aromatic rings. The van der Waals surface area contributed by atoms with Crippen LogP contribution in [0.1, 0.15) is 111 Å². The van der Waals surface area contributed by atoms with Gasteiger partial charge in [-0.05, 0) is 62.5 Å². The van der Waals surface area contributed by atoms with E-state index in [-0.39, 0.29) is 30.2 Å². The molecule has 0 aliphatic heterocycles. The van der Waals surface area contributed by atoms with Crippen molar-refractivity contribution in [3.8, 4) is 5.75 Å². The standard InChI is InChI=1S/C32H58NO5PSi/c1-9-12-13-14-15-16-17-18-19-20-31(34)33-29(25-26-39(35,36-10-2)37-11-3)27-28-21-23-30(24-22-28)38-40(7,8)32(4,5)6/h21-26,29H,9-20,27H2,1-8H3,(H,33,34)/b26-25+/t29-/m0/s1. The summed E-state index contributed by atoms with van der Waals surface area (Å²) in [6.07, 6.45) is 13.7. The third-order valence-electron chi connectivity index (χ3n) is 7.53. The third kappa shape index (κ3) is 15.0. The van der Waals surface area contributed by atoms with E-state index in [0.29, 0.717) is 12.8 Å². The minimum Gasteiger partial charge on any atom is -0.544 e. The molecule has 0 bridgehead atoms. The van der Waals surface area contributed by atoms with Gasteiger partial charge < -0.3 is 18.8 Å². The maximum absolute atomic E-state index is 13.0. The van der Waals surface area contributed by atoms with Gasteiger partial charge in [-0.15, -0.1) is 0 Å². The summed E-state index contributed by atoms with van der Waals surface area (Å²) in [4.78, 5) is 12.8. The first-order valence-corrected chi connectivity index (χ1v) is 20.0. The van der Waals surface area contributed by atoms with Gasteiger partial charge in [0.15, 0.2) is 0 Å². The molecule has 0 spiro atoms. The molecule has 1 amide bonds. The Morgan fingerprint density at radius 2 is 1.43 bits per heavy atom. The summed E-state index contributed by atoms with van der Waals surface area (Å²) in [6.45, 7) is 17.5. The van der Waals surface area contributed by atoms with Crippen LogP contribution in [0.3, 0.4) is 0 Å². The predicted molar refractivity (Wildman–Crippen MR) is 172 cm³/mol. The molecular weight excluding hydrogens is 537 g/mol. The molecule has 0 radical (unpaired) electrons. The minimum atomic E-state index is -3.36. The van der Waals surface area contributed by atoms with E-state index in [1.807, 2.05) is 24.3 Å². The summed E-state index contributed by atoms with van der Waals surface area (Å²) >= 11 is 0. The summed E-state index contributed by atoms with van der Waals surface area (Å²) < 4.78 is 30.3. The van der Waals surface area contributed by atoms with Crippen molar-refractivity contribution < 1.29 is 22.8 Å². The van der Waals surface area contributed by atoms with Crippen LogP contribution in [-0.4, -0.2) is 33.5 Å². The Labute approximate surface area is 246 Å². The van der Waals surface area contributed by atoms with Crippen molar-refractivity contribution in [1.29, 1.82) is 0 Å². The third-order valence-corrected chi connectivity index (χ3v) is 13.7. The Morgan fingerprint density at radius 3 is 1.93 bits per heavy atom. The Balaban J connectivity index is 2.81. The lowest BCUT2D eigenvalue weighted by molar-refractivity contribution is -0.121. The summed E-state index contributed by atoms with van der Waals surface area (Å²) in [5, 5.41) is 3.26. The highest BCUT2D eigenvalue weighted by Gasteiger charge is 2.38. The van der Waals surface area contributed by atoms with Gasteiger partial charge in [-0.2, -0.15) is 0 Å². The molecule has 6 nitrogen and oxygen atoms in total. The van der Waals surface area contributed by atoms with Gasteiger partial charge in [0.25, 0.3) is 0 Å². The number of hydrogen-bond acceptors (Lipinski definition) is 5. The van der Waals surface area contributed by atoms with E-state index in [9.17, 15) is 9.36 Å². The predicted octanol–water partition coefficient (Wildman–Crippen LogP) is 9.80. The van der Waals surface area contributed by atoms with Gasteiger partial charge in [0.1, 0.15) is 5.75 Å². The number of carbonyl (C=O) groups is 1. The molecule has 0 aliphatic rings. The van der Waals surface area contributed by atoms with Gasteiger partial charge >= 0.3 is 7.60 Å². The number of rotatable bonds is 21. The normalized spacial score (nSPS) is 13.5. The Kier molecular flexibility index (Phi) is 17.3. The van der Waals surface area contributed by atoms with Crippen LogP contribution in [-0.2, 0) is 24.8 Å². The van der Waals surface area contributed by atoms with Gasteiger partial charge in [-0.3, -0.25) is 9.36 Å². The van der Waals surface area contributed by atoms with Crippen LogP contribution in [0.4, 0.5) is 0 Å². The van der Waals surface area contributed by atoms with Crippen LogP contribution in [0.2, 0.25) is 18.1 Å². The zero-order valence-corrected chi connectivity index (χ0v) is 28.6. The lowest BCUT2D eigenvalue weighted by atomic mass is 10.0. The molecule has 0 fully saturated rings. The molecule has 0 unspecified atom stereocenters. The van der Waals surface area contributed by atoms with Crippen molar-refractivity contribution in [3.05, 3.63) is 41.7 Å². The van der Waals surface area contributed by atoms with E-state index in [1.165, 1.54) is 50.8 Å². The fourth-order valence-electron chi connectivity index (χ4n) is 4.13. The van der Waals surface area contributed by atoms with Crippen LogP contribution in [0.25, 0.3) is 0 Å². The number of carbonyl (C=O) groups excluding carboxylic acids is 1. The van der Waals surface area contributed by atoms with Crippen molar-refractivity contribution in [2.45, 2.75) is 136 Å². The summed E-state index contributed by atoms with van der Waals surface area (Å²) in [6, 6.07) is 7.77. The van der Waals surface area contributed by atoms with Crippen molar-refractivity contribution in [1.82, 2.24) is 5.32 Å². The van der Waals surface area contributed by atoms with Gasteiger partial charge in [-0.25, -0.2) is 0 Å². The second kappa shape index (κ2) is 18.9. The lowest BCUT2D eigenvalue weighted by Gasteiger charge is -2.36. The van der Waals surface area contributed by atoms with E-state index in [2.05, 4.69) is 46.1 Å². The highest BCUT2D eigenvalue weighted by atomic mass is 31.2. The first-order chi connectivity index (χ1) is 18.9. The maximum Gasteiger partial charge on any atom is 0.353 e. The molecule has 230 valence electrons. The van der Waals surface area contributed by atoms with Crippen LogP contribution in [0, 0.1) is 0 Å². The van der Waals surface area contributed by atoms with Gasteiger partial charge in [0, 0.05) is 12.2 Å². The highest BCUT2D eigenvalue weighted by molar-refractivity contribution is 7.57. The summed E-state index contributed by atoms with van der Waals surface area (Å²) in [5.74, 6) is 2.38. The molecule has 8 heteroatoms. The van der Waals surface area contributed by atoms with Crippen LogP contribution >= 0.6 is 7.60 Å². The fourth-order valence-corrected chi connectivity index (χ4v) is 6.55. The van der Waals surface area contributed by atoms with E-state index in [0.717, 1.165) is 24.2 Å². The first-order valence-electron chi connectivity index (χ1n) is 15.5. The Morgan fingerprint density at radius 1 is 0.900 bits per heavy atom. The highest BCUT2D eigenvalue weighted by Crippen LogP contribution is 2.49. The second-order valence-electron chi connectivity index (χ2n) is 12.2. The molecule has 0 saturated carbocycles. The molecule has 0 heterocycles. The lowest BCUT2D eigenvalue weighted by Crippen LogP contribution is -2.43. The van der Waals surface area contributed by atoms with Crippen molar-refractivity contribution >= 4 is 21.8 Å². The summed E-state index contributed by atoms with van der Waals surface area (Å²) in [7, 11) is -5.28. The molecule has 0 aromatic heterocycles. The quantitative estimate of drug-likeness (QED) is 0.0870. The molecule has 40 heavy (non-hydrogen) atoms. The molecule has 0 aliphatic carbocycles. The summed E-state index contributed by atoms with van der Waals surface area (Å²) in [5.41, 5.74) is 1.06. The molecular formula is C32H58NO5PSi. The van der Waals surface area contributed by atoms with Crippen LogP contribution < -0.4 is 9.74 Å². The largest absolute Gasteiger partial charge is 0.544 e. The zero-order valence-electron chi connectivity index (χ0n) is 26.7. The first kappa shape index (κ1) is 36.6. The smallest absolute Gasteiger partial charge is 0.353 e. The van der Waals surface area contributed by atoms with E-state index in [4.69, 9.17) is 13.5 Å². The van der Waals surface area contributed by atoms with Gasteiger partial charge in [-0.1, -0.05) is 97.3 Å². The van der Waals surface area contributed by atoms with E-state index in [1.54, 1.807) is 19.9 Å². The van der Waals surface area contributed by atoms with Gasteiger partial charge in [0.2, 0.25) is 14.2 Å². The Hall–Kier alpha value is -1.40. The number of unbranched alkanes of at least 4 members (excludes halogenated alkanes) is 8. The Bertz CT molecular complexity index is 901. The number of amides is 1. The molecule has 1 aromatic carbocycles. The number of benzene rings is 1. The molecule has 1 atom stereocenters. The monoisotopic (exact) mass is 595 g/mol. The fraction of sp³-hybridized carbons (Fsp3) is 0.719. The maximum atomic E-state index is 13.0. The number of nitrogens with one attached hydrogen (secondary N) is 1. The van der Waals surface area contributed by atoms with Crippen molar-refractivity contribution in [3.63, 3.8) is 0 Å². The molecule has 0 saturated heterocycles. The van der Waals surface area contributed by atoms with E-state index >= 15 is 0 Å². The van der Waals surface area contributed by atoms with Gasteiger partial charge in [0.05, 0.1) is 19.3 Å². The topological polar surface area (TPSA) is 73.9 Å². The second-order valence-corrected chi connectivity index (χ2v) is 18.8. The minimum absolute atomic E-state index is 0.0122. The van der Waals surface area contributed by atoms with E-state index < -0.39 is 15.9 Å². The van der Waals surface area contributed by atoms with Crippen molar-refractivity contribution in [2.75, 3.05) is 13.2 Å². The van der Waals surface area contributed by atoms with Crippen LogP contribution in [0.15, 0.2) is 36.2 Å². The van der Waals surface area contributed by atoms with Crippen molar-refractivity contribution in [2.24, 2.45) is 0 Å². The molecule has 1 N–H and O–H groups in total. The SMILES string of the molecule is CCCCCCCCCCCC(=O)N[C@@H](/C=C/P(=O)(OCC)OCC)Cc1ccc(O[Si](C)(C)C(C)(C)C)cc1. The zero-order chi connectivity index (χ0) is 30.1. The number of hydrogen-bond donors (Lipinski definition) is 1. The average molecular weight is 596 g/mol. The molecule has 1 rings (SSSR count). The average Bonchev–Trinajstić information content (AvgIpc) is 2.87.